The first-order valence-electron chi connectivity index (χ1n) is 6.34. The molecule has 0 fully saturated rings. The first-order valence-corrected chi connectivity index (χ1v) is 6.34. The highest BCUT2D eigenvalue weighted by atomic mass is 19.1. The maximum absolute atomic E-state index is 12.9. The molecule has 0 spiro atoms. The van der Waals surface area contributed by atoms with Crippen LogP contribution < -0.4 is 5.56 Å². The van der Waals surface area contributed by atoms with Crippen LogP contribution >= 0.6 is 0 Å². The number of fused-ring (bicyclic) bond motifs is 1. The lowest BCUT2D eigenvalue weighted by molar-refractivity contribution is 0.627. The first-order chi connectivity index (χ1) is 9.65. The van der Waals surface area contributed by atoms with E-state index in [1.165, 1.54) is 12.1 Å². The first kappa shape index (κ1) is 12.5. The summed E-state index contributed by atoms with van der Waals surface area (Å²) in [6, 6.07) is 13.5. The van der Waals surface area contributed by atoms with Gasteiger partial charge in [0.2, 0.25) is 0 Å². The van der Waals surface area contributed by atoms with Crippen LogP contribution in [0.4, 0.5) is 4.39 Å². The monoisotopic (exact) mass is 268 g/mol. The minimum Gasteiger partial charge on any atom is -0.299 e. The van der Waals surface area contributed by atoms with Gasteiger partial charge < -0.3 is 0 Å². The van der Waals surface area contributed by atoms with E-state index in [1.807, 2.05) is 18.2 Å². The average Bonchev–Trinajstić information content (AvgIpc) is 2.47. The summed E-state index contributed by atoms with van der Waals surface area (Å²) in [5.74, 6) is 0.398. The smallest absolute Gasteiger partial charge is 0.261 e. The van der Waals surface area contributed by atoms with E-state index in [-0.39, 0.29) is 11.4 Å². The van der Waals surface area contributed by atoms with Crippen molar-refractivity contribution in [3.63, 3.8) is 0 Å². The Balaban J connectivity index is 2.10. The molecule has 0 N–H and O–H groups in total. The van der Waals surface area contributed by atoms with Crippen molar-refractivity contribution >= 4 is 10.9 Å². The van der Waals surface area contributed by atoms with Crippen molar-refractivity contribution in [3.8, 4) is 0 Å². The molecule has 2 aromatic carbocycles. The highest BCUT2D eigenvalue weighted by Gasteiger charge is 2.08. The van der Waals surface area contributed by atoms with E-state index in [1.54, 1.807) is 29.8 Å². The molecule has 3 nitrogen and oxygen atoms in total. The fraction of sp³-hybridized carbons (Fsp3) is 0.125. The van der Waals surface area contributed by atoms with Crippen LogP contribution in [0, 0.1) is 5.82 Å². The zero-order chi connectivity index (χ0) is 14.1. The Kier molecular flexibility index (Phi) is 3.06. The third-order valence-electron chi connectivity index (χ3n) is 3.35. The Morgan fingerprint density at radius 1 is 1.10 bits per heavy atom. The quantitative estimate of drug-likeness (QED) is 0.716. The van der Waals surface area contributed by atoms with Gasteiger partial charge in [-0.05, 0) is 29.8 Å². The second-order valence-electron chi connectivity index (χ2n) is 4.71. The van der Waals surface area contributed by atoms with E-state index in [9.17, 15) is 9.18 Å². The maximum atomic E-state index is 12.9. The number of benzene rings is 2. The molecule has 0 radical (unpaired) electrons. The number of nitrogens with zero attached hydrogens (tertiary/aromatic N) is 2. The van der Waals surface area contributed by atoms with Gasteiger partial charge in [0, 0.05) is 13.5 Å². The van der Waals surface area contributed by atoms with Crippen molar-refractivity contribution in [2.45, 2.75) is 6.42 Å². The summed E-state index contributed by atoms with van der Waals surface area (Å²) >= 11 is 0. The molecule has 0 aliphatic rings. The topological polar surface area (TPSA) is 34.9 Å². The minimum atomic E-state index is -0.269. The van der Waals surface area contributed by atoms with Crippen LogP contribution in [0.5, 0.6) is 0 Å². The molecule has 0 amide bonds. The van der Waals surface area contributed by atoms with Crippen LogP contribution in [0.3, 0.4) is 0 Å². The molecule has 4 heteroatoms. The van der Waals surface area contributed by atoms with Crippen molar-refractivity contribution < 1.29 is 4.39 Å². The summed E-state index contributed by atoms with van der Waals surface area (Å²) in [5, 5.41) is 0.609. The molecule has 3 rings (SSSR count). The van der Waals surface area contributed by atoms with E-state index < -0.39 is 0 Å². The highest BCUT2D eigenvalue weighted by molar-refractivity contribution is 5.77. The lowest BCUT2D eigenvalue weighted by Gasteiger charge is -2.09. The molecule has 0 saturated heterocycles. The molecule has 20 heavy (non-hydrogen) atoms. The van der Waals surface area contributed by atoms with E-state index >= 15 is 0 Å². The number of hydrogen-bond donors (Lipinski definition) is 0. The van der Waals surface area contributed by atoms with Crippen LogP contribution in [0.1, 0.15) is 11.4 Å². The zero-order valence-corrected chi connectivity index (χ0v) is 11.0. The molecule has 1 heterocycles. The second kappa shape index (κ2) is 4.89. The molecular weight excluding hydrogens is 255 g/mol. The normalized spacial score (nSPS) is 10.9. The van der Waals surface area contributed by atoms with Gasteiger partial charge in [-0.2, -0.15) is 0 Å². The standard InChI is InChI=1S/C16H13FN2O/c1-19-15(10-11-6-8-12(17)9-7-11)18-14-5-3-2-4-13(14)16(19)20/h2-9H,10H2,1H3. The molecule has 0 aliphatic heterocycles. The molecule has 0 saturated carbocycles. The minimum absolute atomic E-state index is 0.0623. The predicted molar refractivity (Wildman–Crippen MR) is 76.2 cm³/mol. The maximum Gasteiger partial charge on any atom is 0.261 e. The Labute approximate surface area is 115 Å². The summed E-state index contributed by atoms with van der Waals surface area (Å²) < 4.78 is 14.5. The number of halogens is 1. The van der Waals surface area contributed by atoms with Gasteiger partial charge in [0.15, 0.2) is 0 Å². The van der Waals surface area contributed by atoms with Crippen LogP contribution in [0.2, 0.25) is 0 Å². The fourth-order valence-electron chi connectivity index (χ4n) is 2.21. The molecule has 0 atom stereocenters. The van der Waals surface area contributed by atoms with Gasteiger partial charge in [-0.3, -0.25) is 9.36 Å². The van der Waals surface area contributed by atoms with Crippen molar-refractivity contribution in [1.82, 2.24) is 9.55 Å². The SMILES string of the molecule is Cn1c(Cc2ccc(F)cc2)nc2ccccc2c1=O. The van der Waals surface area contributed by atoms with Crippen LogP contribution in [-0.2, 0) is 13.5 Å². The van der Waals surface area contributed by atoms with Crippen molar-refractivity contribution in [2.24, 2.45) is 7.05 Å². The summed E-state index contributed by atoms with van der Waals surface area (Å²) in [5.41, 5.74) is 1.55. The lowest BCUT2D eigenvalue weighted by Crippen LogP contribution is -2.22. The summed E-state index contributed by atoms with van der Waals surface area (Å²) in [4.78, 5) is 16.8. The largest absolute Gasteiger partial charge is 0.299 e. The van der Waals surface area contributed by atoms with Crippen molar-refractivity contribution in [2.75, 3.05) is 0 Å². The van der Waals surface area contributed by atoms with Gasteiger partial charge in [0.1, 0.15) is 11.6 Å². The van der Waals surface area contributed by atoms with Gasteiger partial charge in [-0.15, -0.1) is 0 Å². The van der Waals surface area contributed by atoms with Crippen LogP contribution in [0.15, 0.2) is 53.3 Å². The fourth-order valence-corrected chi connectivity index (χ4v) is 2.21. The average molecular weight is 268 g/mol. The number of rotatable bonds is 2. The van der Waals surface area contributed by atoms with Gasteiger partial charge in [0.05, 0.1) is 10.9 Å². The predicted octanol–water partition coefficient (Wildman–Crippen LogP) is 2.66. The van der Waals surface area contributed by atoms with Gasteiger partial charge in [-0.1, -0.05) is 24.3 Å². The molecule has 0 bridgehead atoms. The molecule has 100 valence electrons. The Hall–Kier alpha value is -2.49. The molecule has 0 unspecified atom stereocenters. The van der Waals surface area contributed by atoms with Crippen LogP contribution in [0.25, 0.3) is 10.9 Å². The zero-order valence-electron chi connectivity index (χ0n) is 11.0. The van der Waals surface area contributed by atoms with E-state index in [0.29, 0.717) is 23.1 Å². The third-order valence-corrected chi connectivity index (χ3v) is 3.35. The Bertz CT molecular complexity index is 822. The second-order valence-corrected chi connectivity index (χ2v) is 4.71. The van der Waals surface area contributed by atoms with Crippen molar-refractivity contribution in [3.05, 3.63) is 76.1 Å². The van der Waals surface area contributed by atoms with E-state index in [2.05, 4.69) is 4.98 Å². The molecule has 0 aliphatic carbocycles. The number of para-hydroxylation sites is 1. The number of hydrogen-bond acceptors (Lipinski definition) is 2. The Morgan fingerprint density at radius 2 is 1.80 bits per heavy atom. The summed E-state index contributed by atoms with van der Waals surface area (Å²) in [7, 11) is 1.71. The molecule has 3 aromatic rings. The van der Waals surface area contributed by atoms with Crippen LogP contribution in [-0.4, -0.2) is 9.55 Å². The van der Waals surface area contributed by atoms with Gasteiger partial charge >= 0.3 is 0 Å². The highest BCUT2D eigenvalue weighted by Crippen LogP contribution is 2.11. The number of aromatic nitrogens is 2. The lowest BCUT2D eigenvalue weighted by atomic mass is 10.1. The summed E-state index contributed by atoms with van der Waals surface area (Å²) in [6.45, 7) is 0. The third kappa shape index (κ3) is 2.20. The van der Waals surface area contributed by atoms with E-state index in [4.69, 9.17) is 0 Å². The Morgan fingerprint density at radius 3 is 2.55 bits per heavy atom. The van der Waals surface area contributed by atoms with E-state index in [0.717, 1.165) is 5.56 Å². The summed E-state index contributed by atoms with van der Waals surface area (Å²) in [6.07, 6.45) is 0.497. The molecule has 1 aromatic heterocycles. The van der Waals surface area contributed by atoms with Gasteiger partial charge in [-0.25, -0.2) is 9.37 Å². The van der Waals surface area contributed by atoms with Crippen molar-refractivity contribution in [1.29, 1.82) is 0 Å². The molecular formula is C16H13FN2O. The van der Waals surface area contributed by atoms with Gasteiger partial charge in [0.25, 0.3) is 5.56 Å².